The molecule has 24 heavy (non-hydrogen) atoms. The van der Waals surface area contributed by atoms with Crippen LogP contribution in [0.15, 0.2) is 36.9 Å². The van der Waals surface area contributed by atoms with Crippen LogP contribution < -0.4 is 0 Å². The summed E-state index contributed by atoms with van der Waals surface area (Å²) in [6.07, 6.45) is 9.58. The molecule has 1 amide bonds. The minimum absolute atomic E-state index is 0.189. The lowest BCUT2D eigenvalue weighted by Crippen LogP contribution is -2.41. The standard InChI is InChI=1S/C18H19N5O/c24-16(9-12-4-5-12)23-8-6-13-17(20-11-19-13)18(23)14-10-22-7-2-1-3-15(22)21-14/h1-3,7,10-12,18H,4-6,8-9H2,(H,19,20)/t18-/m1/s1. The van der Waals surface area contributed by atoms with E-state index in [1.54, 1.807) is 6.33 Å². The van der Waals surface area contributed by atoms with Crippen LogP contribution in [0.1, 0.15) is 42.4 Å². The Bertz CT molecular complexity index is 874. The van der Waals surface area contributed by atoms with Crippen LogP contribution in [-0.2, 0) is 11.2 Å². The molecule has 1 N–H and O–H groups in total. The van der Waals surface area contributed by atoms with Crippen molar-refractivity contribution >= 4 is 11.6 Å². The highest BCUT2D eigenvalue weighted by Crippen LogP contribution is 2.37. The summed E-state index contributed by atoms with van der Waals surface area (Å²) in [5.74, 6) is 0.813. The Morgan fingerprint density at radius 2 is 2.25 bits per heavy atom. The van der Waals surface area contributed by atoms with Crippen LogP contribution in [0.2, 0.25) is 0 Å². The van der Waals surface area contributed by atoms with Crippen molar-refractivity contribution in [1.29, 1.82) is 0 Å². The minimum Gasteiger partial charge on any atom is -0.348 e. The Hall–Kier alpha value is -2.63. The quantitative estimate of drug-likeness (QED) is 0.805. The molecule has 4 heterocycles. The van der Waals surface area contributed by atoms with Crippen LogP contribution in [0.25, 0.3) is 5.65 Å². The maximum atomic E-state index is 12.8. The number of pyridine rings is 1. The first-order chi connectivity index (χ1) is 11.8. The third-order valence-corrected chi connectivity index (χ3v) is 5.07. The van der Waals surface area contributed by atoms with Crippen LogP contribution in [-0.4, -0.2) is 36.7 Å². The average Bonchev–Trinajstić information content (AvgIpc) is 3.12. The van der Waals surface area contributed by atoms with Gasteiger partial charge in [0.1, 0.15) is 11.7 Å². The summed E-state index contributed by atoms with van der Waals surface area (Å²) in [7, 11) is 0. The fraction of sp³-hybridized carbons (Fsp3) is 0.389. The van der Waals surface area contributed by atoms with E-state index in [0.717, 1.165) is 35.7 Å². The second-order valence-electron chi connectivity index (χ2n) is 6.79. The summed E-state index contributed by atoms with van der Waals surface area (Å²) >= 11 is 0. The van der Waals surface area contributed by atoms with E-state index >= 15 is 0 Å². The third-order valence-electron chi connectivity index (χ3n) is 5.07. The summed E-state index contributed by atoms with van der Waals surface area (Å²) in [4.78, 5) is 27.3. The van der Waals surface area contributed by atoms with Gasteiger partial charge in [0.25, 0.3) is 0 Å². The number of H-pyrrole nitrogens is 1. The van der Waals surface area contributed by atoms with Gasteiger partial charge in [0.2, 0.25) is 5.91 Å². The highest BCUT2D eigenvalue weighted by atomic mass is 16.2. The highest BCUT2D eigenvalue weighted by Gasteiger charge is 2.37. The molecule has 5 rings (SSSR count). The summed E-state index contributed by atoms with van der Waals surface area (Å²) in [5, 5.41) is 0. The Morgan fingerprint density at radius 1 is 1.33 bits per heavy atom. The molecule has 1 atom stereocenters. The molecule has 3 aromatic heterocycles. The highest BCUT2D eigenvalue weighted by molar-refractivity contribution is 5.78. The van der Waals surface area contributed by atoms with Crippen molar-refractivity contribution in [3.63, 3.8) is 0 Å². The van der Waals surface area contributed by atoms with E-state index in [0.29, 0.717) is 12.3 Å². The van der Waals surface area contributed by atoms with Gasteiger partial charge in [-0.1, -0.05) is 6.07 Å². The SMILES string of the molecule is O=C(CC1CC1)N1CCc2[nH]cnc2[C@H]1c1cn2ccccc2n1. The summed E-state index contributed by atoms with van der Waals surface area (Å²) in [6.45, 7) is 0.722. The smallest absolute Gasteiger partial charge is 0.223 e. The van der Waals surface area contributed by atoms with E-state index in [2.05, 4.69) is 9.97 Å². The minimum atomic E-state index is -0.189. The van der Waals surface area contributed by atoms with Gasteiger partial charge in [0, 0.05) is 37.5 Å². The third kappa shape index (κ3) is 2.21. The van der Waals surface area contributed by atoms with Crippen LogP contribution >= 0.6 is 0 Å². The first-order valence-corrected chi connectivity index (χ1v) is 8.55. The first-order valence-electron chi connectivity index (χ1n) is 8.55. The van der Waals surface area contributed by atoms with E-state index in [9.17, 15) is 4.79 Å². The molecular formula is C18H19N5O. The van der Waals surface area contributed by atoms with Gasteiger partial charge in [-0.05, 0) is 30.9 Å². The molecule has 2 aliphatic rings. The molecule has 3 aromatic rings. The van der Waals surface area contributed by atoms with Gasteiger partial charge in [-0.2, -0.15) is 0 Å². The second kappa shape index (κ2) is 5.19. The molecule has 0 unspecified atom stereocenters. The number of nitrogens with one attached hydrogen (secondary N) is 1. The number of nitrogens with zero attached hydrogens (tertiary/aromatic N) is 4. The van der Waals surface area contributed by atoms with Crippen molar-refractivity contribution < 1.29 is 4.79 Å². The Kier molecular flexibility index (Phi) is 2.98. The first kappa shape index (κ1) is 13.8. The largest absolute Gasteiger partial charge is 0.348 e. The van der Waals surface area contributed by atoms with Crippen molar-refractivity contribution in [2.75, 3.05) is 6.54 Å². The van der Waals surface area contributed by atoms with Gasteiger partial charge in [-0.3, -0.25) is 4.79 Å². The molecule has 1 saturated carbocycles. The molecule has 0 spiro atoms. The van der Waals surface area contributed by atoms with E-state index in [4.69, 9.17) is 4.98 Å². The molecule has 1 aliphatic heterocycles. The molecule has 1 aliphatic carbocycles. The van der Waals surface area contributed by atoms with Gasteiger partial charge in [-0.25, -0.2) is 9.97 Å². The number of rotatable bonds is 3. The monoisotopic (exact) mass is 321 g/mol. The van der Waals surface area contributed by atoms with Crippen molar-refractivity contribution in [2.45, 2.75) is 31.7 Å². The number of carbonyl (C=O) groups excluding carboxylic acids is 1. The van der Waals surface area contributed by atoms with E-state index in [-0.39, 0.29) is 11.9 Å². The summed E-state index contributed by atoms with van der Waals surface area (Å²) in [6, 6.07) is 5.75. The Labute approximate surface area is 139 Å². The zero-order valence-corrected chi connectivity index (χ0v) is 13.4. The zero-order valence-electron chi connectivity index (χ0n) is 13.4. The van der Waals surface area contributed by atoms with Gasteiger partial charge in [0.15, 0.2) is 0 Å². The maximum Gasteiger partial charge on any atom is 0.223 e. The van der Waals surface area contributed by atoms with Gasteiger partial charge < -0.3 is 14.3 Å². The van der Waals surface area contributed by atoms with Crippen LogP contribution in [0, 0.1) is 5.92 Å². The molecule has 0 saturated heterocycles. The predicted octanol–water partition coefficient (Wildman–Crippen LogP) is 2.33. The van der Waals surface area contributed by atoms with Gasteiger partial charge >= 0.3 is 0 Å². The van der Waals surface area contributed by atoms with Crippen molar-refractivity contribution in [3.05, 3.63) is 54.0 Å². The average molecular weight is 321 g/mol. The number of aromatic amines is 1. The molecule has 0 bridgehead atoms. The normalized spacial score (nSPS) is 20.3. The van der Waals surface area contributed by atoms with Crippen molar-refractivity contribution in [3.8, 4) is 0 Å². The lowest BCUT2D eigenvalue weighted by molar-refractivity contribution is -0.133. The number of hydrogen-bond acceptors (Lipinski definition) is 3. The lowest BCUT2D eigenvalue weighted by atomic mass is 9.99. The molecular weight excluding hydrogens is 302 g/mol. The molecule has 0 aromatic carbocycles. The van der Waals surface area contributed by atoms with Gasteiger partial charge in [-0.15, -0.1) is 0 Å². The van der Waals surface area contributed by atoms with E-state index in [1.165, 1.54) is 12.8 Å². The lowest BCUT2D eigenvalue weighted by Gasteiger charge is -2.34. The van der Waals surface area contributed by atoms with Crippen molar-refractivity contribution in [2.24, 2.45) is 5.92 Å². The number of fused-ring (bicyclic) bond motifs is 2. The van der Waals surface area contributed by atoms with Gasteiger partial charge in [0.05, 0.1) is 17.7 Å². The Morgan fingerprint density at radius 3 is 3.08 bits per heavy atom. The Balaban J connectivity index is 1.58. The summed E-state index contributed by atoms with van der Waals surface area (Å²) in [5.41, 5.74) is 3.84. The summed E-state index contributed by atoms with van der Waals surface area (Å²) < 4.78 is 2.00. The van der Waals surface area contributed by atoms with Crippen LogP contribution in [0.3, 0.4) is 0 Å². The number of hydrogen-bond donors (Lipinski definition) is 1. The van der Waals surface area contributed by atoms with Crippen LogP contribution in [0.4, 0.5) is 0 Å². The fourth-order valence-corrected chi connectivity index (χ4v) is 3.62. The van der Waals surface area contributed by atoms with E-state index in [1.807, 2.05) is 39.9 Å². The van der Waals surface area contributed by atoms with Crippen LogP contribution in [0.5, 0.6) is 0 Å². The van der Waals surface area contributed by atoms with Crippen molar-refractivity contribution in [1.82, 2.24) is 24.3 Å². The maximum absolute atomic E-state index is 12.8. The molecule has 1 fully saturated rings. The van der Waals surface area contributed by atoms with E-state index < -0.39 is 0 Å². The molecule has 6 nitrogen and oxygen atoms in total. The number of aromatic nitrogens is 4. The second-order valence-corrected chi connectivity index (χ2v) is 6.79. The fourth-order valence-electron chi connectivity index (χ4n) is 3.62. The number of imidazole rings is 2. The topological polar surface area (TPSA) is 66.3 Å². The molecule has 6 heteroatoms. The zero-order chi connectivity index (χ0) is 16.1. The number of carbonyl (C=O) groups is 1. The molecule has 0 radical (unpaired) electrons. The predicted molar refractivity (Wildman–Crippen MR) is 88.4 cm³/mol. The number of amides is 1. The molecule has 122 valence electrons.